The number of likely N-dealkylation sites (N-methyl/N-ethyl adjacent to an activating group) is 1. The first-order valence-corrected chi connectivity index (χ1v) is 10.4. The van der Waals surface area contributed by atoms with Gasteiger partial charge in [0.05, 0.1) is 11.9 Å². The van der Waals surface area contributed by atoms with Gasteiger partial charge in [0, 0.05) is 23.6 Å². The van der Waals surface area contributed by atoms with Crippen molar-refractivity contribution in [3.05, 3.63) is 63.6 Å². The maximum absolute atomic E-state index is 12.6. The minimum atomic E-state index is -3.64. The fraction of sp³-hybridized carbons (Fsp3) is 0.278. The Kier molecular flexibility index (Phi) is 6.55. The molecule has 0 radical (unpaired) electrons. The number of carbonyl (C=O) groups is 1. The Morgan fingerprint density at radius 3 is 2.15 bits per heavy atom. The third kappa shape index (κ3) is 5.37. The Labute approximate surface area is 164 Å². The van der Waals surface area contributed by atoms with E-state index in [9.17, 15) is 13.2 Å². The first kappa shape index (κ1) is 20.6. The molecule has 5 nitrogen and oxygen atoms in total. The van der Waals surface area contributed by atoms with Gasteiger partial charge in [-0.3, -0.25) is 9.10 Å². The van der Waals surface area contributed by atoms with Crippen LogP contribution in [-0.2, 0) is 21.4 Å². The Bertz CT molecular complexity index is 899. The molecular weight excluding hydrogens is 395 g/mol. The Morgan fingerprint density at radius 1 is 1.04 bits per heavy atom. The van der Waals surface area contributed by atoms with E-state index in [4.69, 9.17) is 23.2 Å². The number of sulfonamides is 1. The Morgan fingerprint density at radius 2 is 1.62 bits per heavy atom. The number of amides is 1. The molecule has 8 heteroatoms. The molecule has 0 bridgehead atoms. The summed E-state index contributed by atoms with van der Waals surface area (Å²) >= 11 is 11.8. The molecule has 2 rings (SSSR count). The van der Waals surface area contributed by atoms with Gasteiger partial charge in [0.15, 0.2) is 0 Å². The lowest BCUT2D eigenvalue weighted by Crippen LogP contribution is -2.41. The fourth-order valence-corrected chi connectivity index (χ4v) is 3.73. The summed E-state index contributed by atoms with van der Waals surface area (Å²) in [5, 5.41) is 1.12. The smallest absolute Gasteiger partial charge is 0.243 e. The summed E-state index contributed by atoms with van der Waals surface area (Å²) in [6, 6.07) is 12.0. The summed E-state index contributed by atoms with van der Waals surface area (Å²) in [7, 11) is -2.00. The van der Waals surface area contributed by atoms with E-state index in [-0.39, 0.29) is 12.5 Å². The Balaban J connectivity index is 2.20. The number of nitrogens with zero attached hydrogens (tertiary/aromatic N) is 2. The van der Waals surface area contributed by atoms with E-state index in [1.807, 2.05) is 12.1 Å². The maximum atomic E-state index is 12.6. The second-order valence-electron chi connectivity index (χ2n) is 6.08. The predicted octanol–water partition coefficient (Wildman–Crippen LogP) is 3.73. The number of rotatable bonds is 6. The van der Waals surface area contributed by atoms with E-state index >= 15 is 0 Å². The zero-order valence-electron chi connectivity index (χ0n) is 14.7. The van der Waals surface area contributed by atoms with Gasteiger partial charge in [0.2, 0.25) is 15.9 Å². The second kappa shape index (κ2) is 8.29. The van der Waals surface area contributed by atoms with Crippen LogP contribution in [0.2, 0.25) is 10.0 Å². The summed E-state index contributed by atoms with van der Waals surface area (Å²) in [6.07, 6.45) is 1.08. The van der Waals surface area contributed by atoms with Crippen LogP contribution >= 0.6 is 23.2 Å². The highest BCUT2D eigenvalue weighted by Crippen LogP contribution is 2.25. The van der Waals surface area contributed by atoms with Gasteiger partial charge in [-0.15, -0.1) is 0 Å². The van der Waals surface area contributed by atoms with Crippen LogP contribution < -0.4 is 4.31 Å². The molecule has 0 unspecified atom stereocenters. The van der Waals surface area contributed by atoms with Gasteiger partial charge < -0.3 is 4.90 Å². The lowest BCUT2D eigenvalue weighted by atomic mass is 10.2. The molecule has 0 atom stereocenters. The largest absolute Gasteiger partial charge is 0.340 e. The van der Waals surface area contributed by atoms with Crippen LogP contribution in [-0.4, -0.2) is 39.1 Å². The standard InChI is InChI=1S/C18H20Cl2N2O3S/c1-13-10-16(20)8-9-17(13)22(26(3,24)25)12-18(23)21(2)11-14-4-6-15(19)7-5-14/h4-10H,11-12H2,1-3H3. The molecule has 1 amide bonds. The highest BCUT2D eigenvalue weighted by atomic mass is 35.5. The van der Waals surface area contributed by atoms with Crippen LogP contribution in [0.1, 0.15) is 11.1 Å². The molecule has 2 aromatic carbocycles. The van der Waals surface area contributed by atoms with Gasteiger partial charge in [-0.1, -0.05) is 35.3 Å². The van der Waals surface area contributed by atoms with E-state index in [1.54, 1.807) is 44.3 Å². The van der Waals surface area contributed by atoms with E-state index in [1.165, 1.54) is 4.90 Å². The lowest BCUT2D eigenvalue weighted by Gasteiger charge is -2.26. The third-order valence-corrected chi connectivity index (χ3v) is 5.48. The predicted molar refractivity (Wildman–Crippen MR) is 106 cm³/mol. The van der Waals surface area contributed by atoms with Crippen molar-refractivity contribution in [1.29, 1.82) is 0 Å². The van der Waals surface area contributed by atoms with E-state index in [0.717, 1.165) is 16.1 Å². The zero-order chi connectivity index (χ0) is 19.5. The van der Waals surface area contributed by atoms with Crippen LogP contribution in [0, 0.1) is 6.92 Å². The van der Waals surface area contributed by atoms with Crippen molar-refractivity contribution in [3.8, 4) is 0 Å². The van der Waals surface area contributed by atoms with Crippen LogP contribution in [0.4, 0.5) is 5.69 Å². The molecule has 0 aliphatic heterocycles. The average molecular weight is 415 g/mol. The van der Waals surface area contributed by atoms with E-state index in [0.29, 0.717) is 27.8 Å². The van der Waals surface area contributed by atoms with Crippen molar-refractivity contribution in [3.63, 3.8) is 0 Å². The Hall–Kier alpha value is -1.76. The maximum Gasteiger partial charge on any atom is 0.243 e. The molecule has 0 aliphatic carbocycles. The molecule has 0 saturated heterocycles. The lowest BCUT2D eigenvalue weighted by molar-refractivity contribution is -0.128. The average Bonchev–Trinajstić information content (AvgIpc) is 2.54. The second-order valence-corrected chi connectivity index (χ2v) is 8.86. The first-order valence-electron chi connectivity index (χ1n) is 7.80. The summed E-state index contributed by atoms with van der Waals surface area (Å²) in [4.78, 5) is 14.1. The van der Waals surface area contributed by atoms with Crippen LogP contribution in [0.25, 0.3) is 0 Å². The molecule has 0 saturated carbocycles. The fourth-order valence-electron chi connectivity index (χ4n) is 2.48. The monoisotopic (exact) mass is 414 g/mol. The molecule has 140 valence electrons. The van der Waals surface area contributed by atoms with Gasteiger partial charge in [-0.2, -0.15) is 0 Å². The van der Waals surface area contributed by atoms with Gasteiger partial charge >= 0.3 is 0 Å². The molecular formula is C18H20Cl2N2O3S. The van der Waals surface area contributed by atoms with Crippen LogP contribution in [0.3, 0.4) is 0 Å². The van der Waals surface area contributed by atoms with Crippen molar-refractivity contribution in [2.24, 2.45) is 0 Å². The van der Waals surface area contributed by atoms with E-state index < -0.39 is 10.0 Å². The van der Waals surface area contributed by atoms with Crippen molar-refractivity contribution in [1.82, 2.24) is 4.90 Å². The number of hydrogen-bond acceptors (Lipinski definition) is 3. The van der Waals surface area contributed by atoms with Gasteiger partial charge in [-0.05, 0) is 48.4 Å². The molecule has 26 heavy (non-hydrogen) atoms. The third-order valence-electron chi connectivity index (χ3n) is 3.87. The highest BCUT2D eigenvalue weighted by molar-refractivity contribution is 7.92. The summed E-state index contributed by atoms with van der Waals surface area (Å²) in [6.45, 7) is 1.82. The number of carbonyl (C=O) groups excluding carboxylic acids is 1. The SMILES string of the molecule is Cc1cc(Cl)ccc1N(CC(=O)N(C)Cc1ccc(Cl)cc1)S(C)(=O)=O. The van der Waals surface area contributed by atoms with Crippen LogP contribution in [0.5, 0.6) is 0 Å². The molecule has 0 aliphatic rings. The van der Waals surface area contributed by atoms with Crippen molar-refractivity contribution in [2.45, 2.75) is 13.5 Å². The van der Waals surface area contributed by atoms with Gasteiger partial charge in [-0.25, -0.2) is 8.42 Å². The van der Waals surface area contributed by atoms with Crippen LogP contribution in [0.15, 0.2) is 42.5 Å². The summed E-state index contributed by atoms with van der Waals surface area (Å²) < 4.78 is 25.6. The molecule has 2 aromatic rings. The van der Waals surface area contributed by atoms with Gasteiger partial charge in [0.25, 0.3) is 0 Å². The zero-order valence-corrected chi connectivity index (χ0v) is 17.1. The van der Waals surface area contributed by atoms with E-state index in [2.05, 4.69) is 0 Å². The van der Waals surface area contributed by atoms with Crippen molar-refractivity contribution in [2.75, 3.05) is 24.2 Å². The van der Waals surface area contributed by atoms with Crippen molar-refractivity contribution >= 4 is 44.8 Å². The number of hydrogen-bond donors (Lipinski definition) is 0. The number of anilines is 1. The normalized spacial score (nSPS) is 11.3. The number of aryl methyl sites for hydroxylation is 1. The summed E-state index contributed by atoms with van der Waals surface area (Å²) in [5.74, 6) is -0.320. The topological polar surface area (TPSA) is 57.7 Å². The minimum Gasteiger partial charge on any atom is -0.340 e. The summed E-state index contributed by atoms with van der Waals surface area (Å²) in [5.41, 5.74) is 2.01. The highest BCUT2D eigenvalue weighted by Gasteiger charge is 2.24. The number of benzene rings is 2. The molecule has 0 N–H and O–H groups in total. The molecule has 0 spiro atoms. The quantitative estimate of drug-likeness (QED) is 0.723. The molecule has 0 aromatic heterocycles. The molecule has 0 fully saturated rings. The van der Waals surface area contributed by atoms with Crippen molar-refractivity contribution < 1.29 is 13.2 Å². The first-order chi connectivity index (χ1) is 12.1. The minimum absolute atomic E-state index is 0.286. The molecule has 0 heterocycles. The van der Waals surface area contributed by atoms with Gasteiger partial charge in [0.1, 0.15) is 6.54 Å². The number of halogens is 2.